The number of nitrogens with one attached hydrogen (secondary N) is 1. The van der Waals surface area contributed by atoms with Crippen molar-refractivity contribution in [1.29, 1.82) is 0 Å². The molecule has 9 heteroatoms. The normalized spacial score (nSPS) is 21.3. The first-order chi connectivity index (χ1) is 15.8. The zero-order valence-electron chi connectivity index (χ0n) is 18.7. The third kappa shape index (κ3) is 2.99. The number of aromatic nitrogens is 3. The van der Waals surface area contributed by atoms with Crippen LogP contribution >= 0.6 is 0 Å². The molecule has 2 amide bonds. The SMILES string of the molecule is [2H]C([2H])([2H])N1C(=O)[C@@H](NC(=O)c2nnc(C3(c4ccccc4)CC3)o2)COc2cccnc21. The van der Waals surface area contributed by atoms with Crippen LogP contribution in [0.15, 0.2) is 53.1 Å². The zero-order valence-corrected chi connectivity index (χ0v) is 15.7. The van der Waals surface area contributed by atoms with E-state index < -0.39 is 30.2 Å². The van der Waals surface area contributed by atoms with Gasteiger partial charge in [0, 0.05) is 17.3 Å². The molecule has 0 radical (unpaired) electrons. The molecule has 1 aliphatic heterocycles. The van der Waals surface area contributed by atoms with E-state index in [4.69, 9.17) is 13.3 Å². The van der Waals surface area contributed by atoms with Crippen LogP contribution in [0, 0.1) is 0 Å². The second-order valence-corrected chi connectivity index (χ2v) is 7.20. The molecular weight excluding hydrogens is 386 g/mol. The Labute approximate surface area is 176 Å². The summed E-state index contributed by atoms with van der Waals surface area (Å²) in [7, 11) is 0. The quantitative estimate of drug-likeness (QED) is 0.699. The fraction of sp³-hybridized carbons (Fsp3) is 0.286. The summed E-state index contributed by atoms with van der Waals surface area (Å²) in [4.78, 5) is 30.4. The van der Waals surface area contributed by atoms with E-state index in [9.17, 15) is 9.59 Å². The number of anilines is 1. The highest BCUT2D eigenvalue weighted by atomic mass is 16.5. The van der Waals surface area contributed by atoms with Gasteiger partial charge in [-0.3, -0.25) is 14.5 Å². The van der Waals surface area contributed by atoms with E-state index >= 15 is 0 Å². The van der Waals surface area contributed by atoms with Gasteiger partial charge in [-0.25, -0.2) is 4.98 Å². The molecule has 3 aromatic rings. The Bertz CT molecular complexity index is 1210. The first kappa shape index (κ1) is 15.1. The molecule has 2 aliphatic rings. The predicted octanol–water partition coefficient (Wildman–Crippen LogP) is 1.70. The molecule has 5 rings (SSSR count). The topological polar surface area (TPSA) is 110 Å². The molecule has 152 valence electrons. The van der Waals surface area contributed by atoms with E-state index in [-0.39, 0.29) is 24.1 Å². The van der Waals surface area contributed by atoms with Crippen molar-refractivity contribution >= 4 is 17.6 Å². The maximum atomic E-state index is 13.0. The second kappa shape index (κ2) is 6.94. The maximum absolute atomic E-state index is 13.0. The van der Waals surface area contributed by atoms with Gasteiger partial charge in [-0.15, -0.1) is 10.2 Å². The number of fused-ring (bicyclic) bond motifs is 1. The summed E-state index contributed by atoms with van der Waals surface area (Å²) in [6.07, 6.45) is 2.98. The summed E-state index contributed by atoms with van der Waals surface area (Å²) in [6, 6.07) is 11.4. The monoisotopic (exact) mass is 408 g/mol. The number of rotatable bonds is 4. The number of ether oxygens (including phenoxy) is 1. The van der Waals surface area contributed by atoms with E-state index in [0.717, 1.165) is 18.4 Å². The molecule has 1 N–H and O–H groups in total. The fourth-order valence-electron chi connectivity index (χ4n) is 3.51. The van der Waals surface area contributed by atoms with Gasteiger partial charge in [0.2, 0.25) is 5.89 Å². The van der Waals surface area contributed by atoms with E-state index in [1.165, 1.54) is 12.3 Å². The molecular formula is C21H19N5O4. The van der Waals surface area contributed by atoms with Crippen LogP contribution in [0.5, 0.6) is 5.75 Å². The van der Waals surface area contributed by atoms with Gasteiger partial charge in [0.15, 0.2) is 11.6 Å². The van der Waals surface area contributed by atoms with Crippen molar-refractivity contribution in [2.75, 3.05) is 18.5 Å². The van der Waals surface area contributed by atoms with Crippen molar-refractivity contribution in [3.63, 3.8) is 0 Å². The van der Waals surface area contributed by atoms with Crippen molar-refractivity contribution in [2.45, 2.75) is 24.3 Å². The third-order valence-corrected chi connectivity index (χ3v) is 5.30. The predicted molar refractivity (Wildman–Crippen MR) is 105 cm³/mol. The third-order valence-electron chi connectivity index (χ3n) is 5.30. The van der Waals surface area contributed by atoms with Crippen LogP contribution in [0.2, 0.25) is 0 Å². The van der Waals surface area contributed by atoms with Gasteiger partial charge in [0.1, 0.15) is 12.6 Å². The average molecular weight is 408 g/mol. The molecule has 1 atom stereocenters. The molecule has 0 spiro atoms. The van der Waals surface area contributed by atoms with Gasteiger partial charge < -0.3 is 14.5 Å². The summed E-state index contributed by atoms with van der Waals surface area (Å²) in [5, 5.41) is 10.4. The number of likely N-dealkylation sites (N-methyl/N-ethyl adjacent to an activating group) is 1. The maximum Gasteiger partial charge on any atom is 0.309 e. The average Bonchev–Trinajstić information content (AvgIpc) is 3.48. The van der Waals surface area contributed by atoms with Crippen LogP contribution in [0.25, 0.3) is 0 Å². The Hall–Kier alpha value is -3.75. The summed E-state index contributed by atoms with van der Waals surface area (Å²) < 4.78 is 34.5. The zero-order chi connectivity index (χ0) is 23.2. The Morgan fingerprint density at radius 3 is 2.83 bits per heavy atom. The highest BCUT2D eigenvalue weighted by molar-refractivity contribution is 6.01. The summed E-state index contributed by atoms with van der Waals surface area (Å²) in [5.41, 5.74) is 0.603. The van der Waals surface area contributed by atoms with Crippen molar-refractivity contribution in [1.82, 2.24) is 20.5 Å². The van der Waals surface area contributed by atoms with E-state index in [1.807, 2.05) is 30.3 Å². The molecule has 2 aromatic heterocycles. The van der Waals surface area contributed by atoms with Crippen LogP contribution < -0.4 is 15.0 Å². The number of carbonyl (C=O) groups is 2. The molecule has 1 saturated carbocycles. The second-order valence-electron chi connectivity index (χ2n) is 7.20. The Balaban J connectivity index is 1.37. The minimum Gasteiger partial charge on any atom is -0.487 e. The fourth-order valence-corrected chi connectivity index (χ4v) is 3.51. The van der Waals surface area contributed by atoms with Crippen molar-refractivity contribution in [3.8, 4) is 5.75 Å². The smallest absolute Gasteiger partial charge is 0.309 e. The lowest BCUT2D eigenvalue weighted by atomic mass is 9.96. The first-order valence-corrected chi connectivity index (χ1v) is 9.42. The lowest BCUT2D eigenvalue weighted by Gasteiger charge is -2.18. The van der Waals surface area contributed by atoms with Gasteiger partial charge in [-0.1, -0.05) is 30.3 Å². The van der Waals surface area contributed by atoms with Gasteiger partial charge >= 0.3 is 11.8 Å². The number of benzene rings is 1. The standard InChI is InChI=1S/C21H19N5O4/c1-26-16-15(8-5-11-22-16)29-12-14(19(26)28)23-17(27)18-24-25-20(30-18)21(9-10-21)13-6-3-2-4-7-13/h2-8,11,14H,9-10,12H2,1H3,(H,23,27)/t14-/m0/s1/i1D3. The number of nitrogens with zero attached hydrogens (tertiary/aromatic N) is 4. The van der Waals surface area contributed by atoms with Crippen LogP contribution in [-0.2, 0) is 10.2 Å². The number of pyridine rings is 1. The van der Waals surface area contributed by atoms with Gasteiger partial charge in [0.25, 0.3) is 5.91 Å². The van der Waals surface area contributed by atoms with Crippen LogP contribution in [0.1, 0.15) is 39.1 Å². The van der Waals surface area contributed by atoms with Gasteiger partial charge in [0.05, 0.1) is 5.41 Å². The molecule has 0 unspecified atom stereocenters. The van der Waals surface area contributed by atoms with E-state index in [0.29, 0.717) is 10.8 Å². The summed E-state index contributed by atoms with van der Waals surface area (Å²) in [5.74, 6) is -1.70. The van der Waals surface area contributed by atoms with Crippen molar-refractivity contribution in [2.24, 2.45) is 0 Å². The minimum absolute atomic E-state index is 0.123. The highest BCUT2D eigenvalue weighted by Crippen LogP contribution is 2.52. The summed E-state index contributed by atoms with van der Waals surface area (Å²) in [6.45, 7) is -3.12. The van der Waals surface area contributed by atoms with Crippen LogP contribution in [-0.4, -0.2) is 46.6 Å². The van der Waals surface area contributed by atoms with E-state index in [2.05, 4.69) is 20.5 Å². The highest BCUT2D eigenvalue weighted by Gasteiger charge is 2.51. The lowest BCUT2D eigenvalue weighted by molar-refractivity contribution is -0.120. The van der Waals surface area contributed by atoms with Crippen LogP contribution in [0.3, 0.4) is 0 Å². The number of carbonyl (C=O) groups excluding carboxylic acids is 2. The molecule has 3 heterocycles. The molecule has 9 nitrogen and oxygen atoms in total. The molecule has 30 heavy (non-hydrogen) atoms. The minimum atomic E-state index is -2.83. The largest absolute Gasteiger partial charge is 0.487 e. The Morgan fingerprint density at radius 2 is 2.07 bits per heavy atom. The van der Waals surface area contributed by atoms with Gasteiger partial charge in [-0.2, -0.15) is 0 Å². The molecule has 1 aromatic carbocycles. The van der Waals surface area contributed by atoms with Crippen LogP contribution in [0.4, 0.5) is 5.82 Å². The number of amides is 2. The molecule has 1 aliphatic carbocycles. The lowest BCUT2D eigenvalue weighted by Crippen LogP contribution is -2.49. The Kier molecular flexibility index (Phi) is 3.50. The molecule has 1 fully saturated rings. The van der Waals surface area contributed by atoms with Crippen molar-refractivity contribution in [3.05, 3.63) is 66.0 Å². The molecule has 0 bridgehead atoms. The van der Waals surface area contributed by atoms with Crippen molar-refractivity contribution < 1.29 is 22.9 Å². The number of hydrogen-bond acceptors (Lipinski definition) is 7. The van der Waals surface area contributed by atoms with Gasteiger partial charge in [-0.05, 0) is 30.5 Å². The first-order valence-electron chi connectivity index (χ1n) is 10.9. The van der Waals surface area contributed by atoms with E-state index in [1.54, 1.807) is 6.07 Å². The molecule has 0 saturated heterocycles. The summed E-state index contributed by atoms with van der Waals surface area (Å²) >= 11 is 0. The number of hydrogen-bond donors (Lipinski definition) is 1. The Morgan fingerprint density at radius 1 is 1.23 bits per heavy atom.